The molecule has 0 radical (unpaired) electrons. The number of rotatable bonds is 9. The van der Waals surface area contributed by atoms with E-state index in [4.69, 9.17) is 9.72 Å². The van der Waals surface area contributed by atoms with Crippen molar-refractivity contribution in [2.24, 2.45) is 5.92 Å². The van der Waals surface area contributed by atoms with E-state index in [2.05, 4.69) is 25.3 Å². The van der Waals surface area contributed by atoms with Crippen molar-refractivity contribution in [3.8, 4) is 22.9 Å². The molecule has 220 valence electrons. The summed E-state index contributed by atoms with van der Waals surface area (Å²) in [4.78, 5) is 13.6. The lowest BCUT2D eigenvalue weighted by molar-refractivity contribution is 0.466. The second-order valence-electron chi connectivity index (χ2n) is 11.2. The molecule has 6 rings (SSSR count). The van der Waals surface area contributed by atoms with Gasteiger partial charge in [-0.05, 0) is 81.0 Å². The number of hydrogen-bond donors (Lipinski definition) is 3. The number of benzene rings is 2. The third-order valence-corrected chi connectivity index (χ3v) is 9.44. The largest absolute Gasteiger partial charge is 0.437 e. The molecule has 0 bridgehead atoms. The van der Waals surface area contributed by atoms with Crippen molar-refractivity contribution in [1.82, 2.24) is 20.3 Å². The number of aromatic nitrogens is 3. The maximum absolute atomic E-state index is 15.1. The van der Waals surface area contributed by atoms with Crippen LogP contribution in [0.1, 0.15) is 44.1 Å². The van der Waals surface area contributed by atoms with E-state index in [9.17, 15) is 8.42 Å². The van der Waals surface area contributed by atoms with Gasteiger partial charge in [0.05, 0.1) is 22.7 Å². The van der Waals surface area contributed by atoms with Crippen molar-refractivity contribution in [2.75, 3.05) is 28.9 Å². The first-order valence-corrected chi connectivity index (χ1v) is 16.2. The Balaban J connectivity index is 1.32. The van der Waals surface area contributed by atoms with Crippen LogP contribution in [0, 0.1) is 18.7 Å². The zero-order chi connectivity index (χ0) is 29.1. The molecule has 11 heteroatoms. The minimum atomic E-state index is -3.74. The standard InChI is InChI=1S/C31H35FN6O3S/c1-20-10-11-23-24(12-13-26(32)28(23)38-42(39,40)19-21-6-2-3-7-21)29(20)41-30-25(9-5-16-34-30)27-14-17-35-31(37-27)36-22-8-4-15-33-18-22/h5,9-14,16-17,21-22,33,38H,2-4,6-8,15,18-19H2,1H3,(H,35,36,37). The van der Waals surface area contributed by atoms with E-state index in [0.717, 1.165) is 57.2 Å². The molecule has 3 heterocycles. The van der Waals surface area contributed by atoms with Crippen LogP contribution in [0.4, 0.5) is 16.0 Å². The molecule has 1 aliphatic heterocycles. The van der Waals surface area contributed by atoms with Gasteiger partial charge in [0.1, 0.15) is 11.6 Å². The van der Waals surface area contributed by atoms with Crippen LogP contribution in [0.3, 0.4) is 0 Å². The molecule has 42 heavy (non-hydrogen) atoms. The van der Waals surface area contributed by atoms with Gasteiger partial charge < -0.3 is 15.4 Å². The van der Waals surface area contributed by atoms with Crippen LogP contribution in [0.5, 0.6) is 11.6 Å². The van der Waals surface area contributed by atoms with Crippen LogP contribution in [-0.4, -0.2) is 48.3 Å². The monoisotopic (exact) mass is 590 g/mol. The van der Waals surface area contributed by atoms with Gasteiger partial charge in [0, 0.05) is 35.8 Å². The van der Waals surface area contributed by atoms with E-state index >= 15 is 4.39 Å². The van der Waals surface area contributed by atoms with Gasteiger partial charge in [0.2, 0.25) is 21.9 Å². The summed E-state index contributed by atoms with van der Waals surface area (Å²) in [5.74, 6) is 0.764. The molecule has 1 atom stereocenters. The first kappa shape index (κ1) is 28.3. The highest BCUT2D eigenvalue weighted by Crippen LogP contribution is 2.40. The highest BCUT2D eigenvalue weighted by atomic mass is 32.2. The smallest absolute Gasteiger partial charge is 0.233 e. The van der Waals surface area contributed by atoms with Gasteiger partial charge in [0.15, 0.2) is 0 Å². The topological polar surface area (TPSA) is 118 Å². The van der Waals surface area contributed by atoms with E-state index in [1.54, 1.807) is 36.7 Å². The van der Waals surface area contributed by atoms with Crippen LogP contribution in [0.25, 0.3) is 22.0 Å². The summed E-state index contributed by atoms with van der Waals surface area (Å²) in [5.41, 5.74) is 2.03. The normalized spacial score (nSPS) is 17.8. The zero-order valence-corrected chi connectivity index (χ0v) is 24.4. The Hall–Kier alpha value is -3.83. The highest BCUT2D eigenvalue weighted by Gasteiger charge is 2.25. The molecule has 2 aliphatic rings. The fourth-order valence-corrected chi connectivity index (χ4v) is 7.44. The number of sulfonamides is 1. The second-order valence-corrected chi connectivity index (χ2v) is 12.9. The number of piperidine rings is 1. The maximum atomic E-state index is 15.1. The first-order valence-electron chi connectivity index (χ1n) is 14.5. The fourth-order valence-electron chi connectivity index (χ4n) is 5.88. The molecular formula is C31H35FN6O3S. The average Bonchev–Trinajstić information content (AvgIpc) is 3.49. The van der Waals surface area contributed by atoms with Crippen molar-refractivity contribution < 1.29 is 17.5 Å². The van der Waals surface area contributed by atoms with Crippen LogP contribution in [0.15, 0.2) is 54.9 Å². The Morgan fingerprint density at radius 1 is 1.00 bits per heavy atom. The van der Waals surface area contributed by atoms with Gasteiger partial charge in [-0.15, -0.1) is 0 Å². The van der Waals surface area contributed by atoms with E-state index in [0.29, 0.717) is 39.6 Å². The van der Waals surface area contributed by atoms with E-state index in [1.807, 2.05) is 19.1 Å². The Kier molecular flexibility index (Phi) is 8.21. The SMILES string of the molecule is Cc1ccc2c(NS(=O)(=O)CC3CCCC3)c(F)ccc2c1Oc1ncccc1-c1ccnc(NC2CCCNC2)n1. The molecule has 4 aromatic rings. The average molecular weight is 591 g/mol. The Morgan fingerprint density at radius 2 is 1.83 bits per heavy atom. The molecule has 1 saturated carbocycles. The van der Waals surface area contributed by atoms with Gasteiger partial charge >= 0.3 is 0 Å². The number of anilines is 2. The van der Waals surface area contributed by atoms with Crippen LogP contribution in [-0.2, 0) is 10.0 Å². The predicted octanol–water partition coefficient (Wildman–Crippen LogP) is 6.03. The maximum Gasteiger partial charge on any atom is 0.233 e. The summed E-state index contributed by atoms with van der Waals surface area (Å²) in [6, 6.07) is 12.1. The summed E-state index contributed by atoms with van der Waals surface area (Å²) in [5, 5.41) is 7.78. The Bertz CT molecular complexity index is 1690. The van der Waals surface area contributed by atoms with Gasteiger partial charge in [0.25, 0.3) is 0 Å². The fraction of sp³-hybridized carbons (Fsp3) is 0.387. The van der Waals surface area contributed by atoms with Crippen molar-refractivity contribution in [3.63, 3.8) is 0 Å². The molecule has 2 aromatic carbocycles. The first-order chi connectivity index (χ1) is 20.4. The predicted molar refractivity (Wildman–Crippen MR) is 163 cm³/mol. The number of fused-ring (bicyclic) bond motifs is 1. The van der Waals surface area contributed by atoms with Crippen LogP contribution < -0.4 is 20.1 Å². The minimum absolute atomic E-state index is 0.0115. The van der Waals surface area contributed by atoms with Crippen molar-refractivity contribution >= 4 is 32.4 Å². The highest BCUT2D eigenvalue weighted by molar-refractivity contribution is 7.92. The molecular weight excluding hydrogens is 555 g/mol. The molecule has 1 unspecified atom stereocenters. The van der Waals surface area contributed by atoms with Crippen LogP contribution >= 0.6 is 0 Å². The molecule has 3 N–H and O–H groups in total. The summed E-state index contributed by atoms with van der Waals surface area (Å²) in [6.45, 7) is 3.76. The van der Waals surface area contributed by atoms with E-state index < -0.39 is 15.8 Å². The molecule has 2 aromatic heterocycles. The number of halogens is 1. The van der Waals surface area contributed by atoms with E-state index in [-0.39, 0.29) is 23.4 Å². The van der Waals surface area contributed by atoms with Crippen molar-refractivity contribution in [1.29, 1.82) is 0 Å². The Labute approximate surface area is 245 Å². The lowest BCUT2D eigenvalue weighted by Gasteiger charge is -2.23. The number of nitrogens with zero attached hydrogens (tertiary/aromatic N) is 3. The number of nitrogens with one attached hydrogen (secondary N) is 3. The zero-order valence-electron chi connectivity index (χ0n) is 23.6. The van der Waals surface area contributed by atoms with E-state index in [1.165, 1.54) is 6.07 Å². The lowest BCUT2D eigenvalue weighted by Crippen LogP contribution is -2.38. The number of pyridine rings is 1. The number of ether oxygens (including phenoxy) is 1. The molecule has 0 spiro atoms. The number of aryl methyl sites for hydroxylation is 1. The quantitative estimate of drug-likeness (QED) is 0.216. The molecule has 2 fully saturated rings. The van der Waals surface area contributed by atoms with Gasteiger partial charge in [-0.2, -0.15) is 0 Å². The molecule has 0 amide bonds. The summed E-state index contributed by atoms with van der Waals surface area (Å²) in [7, 11) is -3.74. The van der Waals surface area contributed by atoms with Gasteiger partial charge in [-0.1, -0.05) is 25.0 Å². The number of hydrogen-bond acceptors (Lipinski definition) is 8. The van der Waals surface area contributed by atoms with Gasteiger partial charge in [-0.25, -0.2) is 27.8 Å². The molecule has 1 aliphatic carbocycles. The van der Waals surface area contributed by atoms with Crippen molar-refractivity contribution in [2.45, 2.75) is 51.5 Å². The molecule has 1 saturated heterocycles. The van der Waals surface area contributed by atoms with Gasteiger partial charge in [-0.3, -0.25) is 4.72 Å². The third kappa shape index (κ3) is 6.32. The van der Waals surface area contributed by atoms with Crippen molar-refractivity contribution in [3.05, 3.63) is 66.2 Å². The third-order valence-electron chi connectivity index (χ3n) is 8.02. The minimum Gasteiger partial charge on any atom is -0.437 e. The molecule has 9 nitrogen and oxygen atoms in total. The summed E-state index contributed by atoms with van der Waals surface area (Å²) in [6.07, 6.45) is 9.29. The summed E-state index contributed by atoms with van der Waals surface area (Å²) >= 11 is 0. The second kappa shape index (κ2) is 12.2. The lowest BCUT2D eigenvalue weighted by atomic mass is 10.0. The summed E-state index contributed by atoms with van der Waals surface area (Å²) < 4.78 is 50.1. The Morgan fingerprint density at radius 3 is 2.64 bits per heavy atom. The van der Waals surface area contributed by atoms with Crippen LogP contribution in [0.2, 0.25) is 0 Å².